The van der Waals surface area contributed by atoms with Crippen LogP contribution in [-0.4, -0.2) is 53.5 Å². The third-order valence-electron chi connectivity index (χ3n) is 3.66. The number of amides is 1. The van der Waals surface area contributed by atoms with Gasteiger partial charge in [0.1, 0.15) is 0 Å². The number of hydrogen-bond acceptors (Lipinski definition) is 3. The van der Waals surface area contributed by atoms with Crippen LogP contribution in [0.15, 0.2) is 41.8 Å². The van der Waals surface area contributed by atoms with Crippen LogP contribution in [-0.2, 0) is 13.6 Å². The van der Waals surface area contributed by atoms with Crippen molar-refractivity contribution in [2.75, 3.05) is 27.2 Å². The van der Waals surface area contributed by atoms with Gasteiger partial charge in [-0.15, -0.1) is 24.0 Å². The third kappa shape index (κ3) is 6.49. The van der Waals surface area contributed by atoms with Gasteiger partial charge in [-0.3, -0.25) is 14.8 Å². The number of nitrogens with zero attached hydrogens (tertiary/aromatic N) is 4. The first-order chi connectivity index (χ1) is 12.0. The Morgan fingerprint density at radius 2 is 2.12 bits per heavy atom. The molecule has 0 aliphatic carbocycles. The lowest BCUT2D eigenvalue weighted by molar-refractivity contribution is 0.0954. The number of aliphatic imine (C=N–C) groups is 1. The summed E-state index contributed by atoms with van der Waals surface area (Å²) in [4.78, 5) is 22.1. The second-order valence-electron chi connectivity index (χ2n) is 5.59. The molecule has 0 saturated heterocycles. The van der Waals surface area contributed by atoms with E-state index in [0.717, 1.165) is 11.7 Å². The molecule has 0 aliphatic rings. The summed E-state index contributed by atoms with van der Waals surface area (Å²) < 4.78 is 1.99. The van der Waals surface area contributed by atoms with Crippen molar-refractivity contribution in [2.24, 2.45) is 12.0 Å². The number of guanidine groups is 1. The van der Waals surface area contributed by atoms with Gasteiger partial charge in [0.05, 0.1) is 17.1 Å². The number of nitrogens with one attached hydrogen (secondary N) is 2. The van der Waals surface area contributed by atoms with Gasteiger partial charge in [0.15, 0.2) is 5.96 Å². The zero-order valence-electron chi connectivity index (χ0n) is 15.1. The van der Waals surface area contributed by atoms with Crippen molar-refractivity contribution < 1.29 is 4.79 Å². The zero-order chi connectivity index (χ0) is 18.2. The summed E-state index contributed by atoms with van der Waals surface area (Å²) in [6.07, 6.45) is 5.05. The van der Waals surface area contributed by atoms with Crippen LogP contribution in [0, 0.1) is 0 Å². The summed E-state index contributed by atoms with van der Waals surface area (Å²) in [5, 5.41) is 6.78. The van der Waals surface area contributed by atoms with Gasteiger partial charge in [-0.2, -0.15) is 0 Å². The average molecular weight is 491 g/mol. The fourth-order valence-electron chi connectivity index (χ4n) is 2.38. The molecule has 0 fully saturated rings. The molecule has 0 radical (unpaired) electrons. The fraction of sp³-hybridized carbons (Fsp3) is 0.353. The van der Waals surface area contributed by atoms with Crippen molar-refractivity contribution in [3.8, 4) is 0 Å². The first-order valence-electron chi connectivity index (χ1n) is 7.92. The summed E-state index contributed by atoms with van der Waals surface area (Å²) in [7, 11) is 5.63. The van der Waals surface area contributed by atoms with E-state index >= 15 is 0 Å². The van der Waals surface area contributed by atoms with Crippen LogP contribution in [0.3, 0.4) is 0 Å². The molecule has 2 aromatic rings. The van der Waals surface area contributed by atoms with Crippen molar-refractivity contribution in [1.29, 1.82) is 0 Å². The Labute approximate surface area is 175 Å². The second kappa shape index (κ2) is 11.0. The highest BCUT2D eigenvalue weighted by molar-refractivity contribution is 14.0. The minimum atomic E-state index is -0.142. The molecule has 26 heavy (non-hydrogen) atoms. The van der Waals surface area contributed by atoms with Crippen molar-refractivity contribution in [3.05, 3.63) is 53.1 Å². The zero-order valence-corrected chi connectivity index (χ0v) is 18.2. The summed E-state index contributed by atoms with van der Waals surface area (Å²) in [6, 6.07) is 5.40. The number of carbonyl (C=O) groups excluding carboxylic acids is 1. The van der Waals surface area contributed by atoms with Crippen LogP contribution in [0.25, 0.3) is 0 Å². The number of halogens is 2. The van der Waals surface area contributed by atoms with Crippen LogP contribution in [0.2, 0.25) is 5.02 Å². The second-order valence-corrected chi connectivity index (χ2v) is 6.02. The van der Waals surface area contributed by atoms with Gasteiger partial charge in [-0.1, -0.05) is 11.6 Å². The van der Waals surface area contributed by atoms with Gasteiger partial charge in [0.25, 0.3) is 5.91 Å². The number of aromatic nitrogens is 2. The maximum atomic E-state index is 11.9. The first kappa shape index (κ1) is 22.2. The Hall–Kier alpha value is -1.81. The van der Waals surface area contributed by atoms with Crippen LogP contribution in [0.5, 0.6) is 0 Å². The minimum absolute atomic E-state index is 0. The summed E-state index contributed by atoms with van der Waals surface area (Å²) in [5.74, 6) is 0.602. The highest BCUT2D eigenvalue weighted by Crippen LogP contribution is 2.14. The highest BCUT2D eigenvalue weighted by Gasteiger charge is 2.10. The molecule has 9 heteroatoms. The van der Waals surface area contributed by atoms with E-state index in [4.69, 9.17) is 11.6 Å². The summed E-state index contributed by atoms with van der Waals surface area (Å²) in [5.41, 5.74) is 1.63. The molecule has 2 aromatic heterocycles. The lowest BCUT2D eigenvalue weighted by atomic mass is 10.3. The minimum Gasteiger partial charge on any atom is -0.354 e. The molecular weight excluding hydrogens is 467 g/mol. The lowest BCUT2D eigenvalue weighted by Crippen LogP contribution is -2.42. The van der Waals surface area contributed by atoms with Crippen molar-refractivity contribution >= 4 is 47.4 Å². The quantitative estimate of drug-likeness (QED) is 0.282. The highest BCUT2D eigenvalue weighted by atomic mass is 127. The van der Waals surface area contributed by atoms with Crippen LogP contribution >= 0.6 is 35.6 Å². The molecule has 142 valence electrons. The maximum absolute atomic E-state index is 11.9. The van der Waals surface area contributed by atoms with E-state index in [9.17, 15) is 4.79 Å². The maximum Gasteiger partial charge on any atom is 0.252 e. The van der Waals surface area contributed by atoms with Crippen LogP contribution in [0.1, 0.15) is 16.1 Å². The molecule has 0 unspecified atom stereocenters. The standard InChI is InChI=1S/C17H23ClN6O.HI/c1-19-17(24(3)12-15-9-14(18)11-23(15)2)22-8-7-21-16(25)13-5-4-6-20-10-13;/h4-6,9-11H,7-8,12H2,1-3H3,(H,19,22)(H,21,25);1H. The number of pyridine rings is 1. The van der Waals surface area contributed by atoms with Crippen molar-refractivity contribution in [3.63, 3.8) is 0 Å². The number of carbonyl (C=O) groups is 1. The molecule has 0 aliphatic heterocycles. The van der Waals surface area contributed by atoms with E-state index in [-0.39, 0.29) is 29.9 Å². The Morgan fingerprint density at radius 1 is 1.38 bits per heavy atom. The van der Waals surface area contributed by atoms with Crippen molar-refractivity contribution in [2.45, 2.75) is 6.54 Å². The van der Waals surface area contributed by atoms with E-state index in [2.05, 4.69) is 20.6 Å². The first-order valence-corrected chi connectivity index (χ1v) is 8.30. The van der Waals surface area contributed by atoms with E-state index in [1.165, 1.54) is 0 Å². The Kier molecular flexibility index (Phi) is 9.42. The topological polar surface area (TPSA) is 74.5 Å². The summed E-state index contributed by atoms with van der Waals surface area (Å²) in [6.45, 7) is 1.72. The predicted octanol–water partition coefficient (Wildman–Crippen LogP) is 2.13. The largest absolute Gasteiger partial charge is 0.354 e. The SMILES string of the molecule is CN=C(NCCNC(=O)c1cccnc1)N(C)Cc1cc(Cl)cn1C.I. The molecule has 0 aromatic carbocycles. The molecule has 2 rings (SSSR count). The third-order valence-corrected chi connectivity index (χ3v) is 3.87. The summed E-state index contributed by atoms with van der Waals surface area (Å²) >= 11 is 6.02. The number of rotatable bonds is 6. The molecule has 7 nitrogen and oxygen atoms in total. The Morgan fingerprint density at radius 3 is 2.69 bits per heavy atom. The van der Waals surface area contributed by atoms with E-state index in [1.807, 2.05) is 35.8 Å². The lowest BCUT2D eigenvalue weighted by Gasteiger charge is -2.22. The Bertz CT molecular complexity index is 734. The van der Waals surface area contributed by atoms with Gasteiger partial charge in [0.2, 0.25) is 0 Å². The molecular formula is C17H24ClIN6O. The normalized spacial score (nSPS) is 10.8. The smallest absolute Gasteiger partial charge is 0.252 e. The van der Waals surface area contributed by atoms with Gasteiger partial charge in [0, 0.05) is 58.5 Å². The Balaban J connectivity index is 0.00000338. The van der Waals surface area contributed by atoms with E-state index in [1.54, 1.807) is 31.6 Å². The van der Waals surface area contributed by atoms with Crippen LogP contribution in [0.4, 0.5) is 0 Å². The number of hydrogen-bond donors (Lipinski definition) is 2. The van der Waals surface area contributed by atoms with Gasteiger partial charge >= 0.3 is 0 Å². The van der Waals surface area contributed by atoms with E-state index in [0.29, 0.717) is 30.2 Å². The monoisotopic (exact) mass is 490 g/mol. The number of aryl methyl sites for hydroxylation is 1. The molecule has 0 bridgehead atoms. The van der Waals surface area contributed by atoms with Gasteiger partial charge < -0.3 is 20.1 Å². The molecule has 0 spiro atoms. The predicted molar refractivity (Wildman–Crippen MR) is 115 cm³/mol. The fourth-order valence-corrected chi connectivity index (χ4v) is 2.65. The van der Waals surface area contributed by atoms with Crippen molar-refractivity contribution in [1.82, 2.24) is 25.1 Å². The molecule has 0 saturated carbocycles. The molecule has 2 N–H and O–H groups in total. The molecule has 2 heterocycles. The van der Waals surface area contributed by atoms with E-state index < -0.39 is 0 Å². The average Bonchev–Trinajstić information content (AvgIpc) is 2.92. The molecule has 0 atom stereocenters. The van der Waals surface area contributed by atoms with Gasteiger partial charge in [-0.25, -0.2) is 0 Å². The van der Waals surface area contributed by atoms with Gasteiger partial charge in [-0.05, 0) is 18.2 Å². The van der Waals surface area contributed by atoms with Crippen LogP contribution < -0.4 is 10.6 Å². The molecule has 1 amide bonds.